The fourth-order valence-electron chi connectivity index (χ4n) is 1.93. The molecule has 0 aliphatic carbocycles. The molecule has 2 rings (SSSR count). The Morgan fingerprint density at radius 2 is 2.00 bits per heavy atom. The number of esters is 1. The lowest BCUT2D eigenvalue weighted by molar-refractivity contribution is -0.145. The van der Waals surface area contributed by atoms with E-state index in [0.717, 1.165) is 0 Å². The molecule has 0 bridgehead atoms. The summed E-state index contributed by atoms with van der Waals surface area (Å²) in [5.74, 6) is -4.17. The molecule has 1 fully saturated rings. The van der Waals surface area contributed by atoms with Gasteiger partial charge >= 0.3 is 5.97 Å². The first-order valence-corrected chi connectivity index (χ1v) is 7.12. The van der Waals surface area contributed by atoms with Crippen molar-refractivity contribution in [2.24, 2.45) is 5.92 Å². The molecule has 1 unspecified atom stereocenters. The number of amides is 1. The highest BCUT2D eigenvalue weighted by atomic mass is 35.5. The molecule has 6 nitrogen and oxygen atoms in total. The van der Waals surface area contributed by atoms with Crippen molar-refractivity contribution in [3.63, 3.8) is 0 Å². The minimum Gasteiger partial charge on any atom is -0.465 e. The summed E-state index contributed by atoms with van der Waals surface area (Å²) < 4.78 is 4.65. The third-order valence-corrected chi connectivity index (χ3v) is 3.64. The zero-order valence-electron chi connectivity index (χ0n) is 11.2. The van der Waals surface area contributed by atoms with Crippen LogP contribution in [0.5, 0.6) is 0 Å². The molecule has 22 heavy (non-hydrogen) atoms. The van der Waals surface area contributed by atoms with E-state index in [1.807, 2.05) is 0 Å². The van der Waals surface area contributed by atoms with Crippen molar-refractivity contribution in [1.29, 1.82) is 0 Å². The van der Waals surface area contributed by atoms with Crippen molar-refractivity contribution < 1.29 is 23.9 Å². The van der Waals surface area contributed by atoms with Gasteiger partial charge in [-0.05, 0) is 18.2 Å². The molecule has 0 aromatic heterocycles. The van der Waals surface area contributed by atoms with E-state index in [9.17, 15) is 19.2 Å². The van der Waals surface area contributed by atoms with Crippen molar-refractivity contribution in [2.45, 2.75) is 12.8 Å². The molecule has 0 radical (unpaired) electrons. The highest BCUT2D eigenvalue weighted by molar-refractivity contribution is 6.45. The first-order valence-electron chi connectivity index (χ1n) is 6.37. The molecule has 1 amide bonds. The largest absolute Gasteiger partial charge is 0.465 e. The molecule has 1 aromatic carbocycles. The Hall–Kier alpha value is -1.92. The van der Waals surface area contributed by atoms with E-state index in [0.29, 0.717) is 5.02 Å². The van der Waals surface area contributed by atoms with Crippen molar-refractivity contribution in [3.8, 4) is 0 Å². The van der Waals surface area contributed by atoms with Crippen molar-refractivity contribution in [2.75, 3.05) is 11.9 Å². The van der Waals surface area contributed by atoms with Crippen LogP contribution in [0, 0.1) is 5.92 Å². The van der Waals surface area contributed by atoms with E-state index in [2.05, 4.69) is 10.1 Å². The minimum atomic E-state index is -0.982. The predicted molar refractivity (Wildman–Crippen MR) is 78.8 cm³/mol. The summed E-state index contributed by atoms with van der Waals surface area (Å²) in [6, 6.07) is 4.34. The Morgan fingerprint density at radius 1 is 1.27 bits per heavy atom. The molecule has 1 N–H and O–H groups in total. The lowest BCUT2D eigenvalue weighted by Crippen LogP contribution is -2.29. The number of carbonyl (C=O) groups is 4. The summed E-state index contributed by atoms with van der Waals surface area (Å²) in [6.45, 7) is 0.149. The van der Waals surface area contributed by atoms with Crippen LogP contribution < -0.4 is 5.32 Å². The molecule has 0 saturated carbocycles. The topological polar surface area (TPSA) is 89.5 Å². The number of rotatable bonds is 5. The number of anilines is 1. The Balaban J connectivity index is 1.96. The zero-order valence-corrected chi connectivity index (χ0v) is 12.7. The van der Waals surface area contributed by atoms with Gasteiger partial charge in [0, 0.05) is 11.4 Å². The Kier molecular flexibility index (Phi) is 5.15. The molecule has 1 aromatic rings. The maximum Gasteiger partial charge on any atom is 0.316 e. The maximum absolute atomic E-state index is 11.8. The number of benzene rings is 1. The van der Waals surface area contributed by atoms with E-state index in [1.54, 1.807) is 0 Å². The van der Waals surface area contributed by atoms with Crippen LogP contribution in [-0.4, -0.2) is 30.0 Å². The number of hydrogen-bond donors (Lipinski definition) is 1. The second-order valence-corrected chi connectivity index (χ2v) is 5.50. The van der Waals surface area contributed by atoms with Gasteiger partial charge in [0.05, 0.1) is 23.7 Å². The standard InChI is InChI=1S/C14H11Cl2NO5/c15-7-1-2-10(9(16)5-7)17-13(20)12(19)6-11(18)8-3-4-22-14(8)21/h1-2,5,8H,3-4,6H2,(H,17,20). The third kappa shape index (κ3) is 3.84. The van der Waals surface area contributed by atoms with Gasteiger partial charge in [-0.3, -0.25) is 19.2 Å². The summed E-state index contributed by atoms with van der Waals surface area (Å²) in [7, 11) is 0. The molecule has 1 atom stereocenters. The molecule has 8 heteroatoms. The molecule has 1 heterocycles. The summed E-state index contributed by atoms with van der Waals surface area (Å²) in [5, 5.41) is 2.84. The smallest absolute Gasteiger partial charge is 0.316 e. The SMILES string of the molecule is O=C(CC(=O)C1CCOC1=O)C(=O)Nc1ccc(Cl)cc1Cl. The van der Waals surface area contributed by atoms with E-state index in [-0.39, 0.29) is 23.7 Å². The lowest BCUT2D eigenvalue weighted by atomic mass is 9.98. The zero-order chi connectivity index (χ0) is 16.3. The van der Waals surface area contributed by atoms with Crippen LogP contribution in [0.4, 0.5) is 5.69 Å². The molecule has 1 aliphatic rings. The van der Waals surface area contributed by atoms with E-state index in [4.69, 9.17) is 23.2 Å². The Labute approximate surface area is 135 Å². The van der Waals surface area contributed by atoms with Crippen LogP contribution >= 0.6 is 23.2 Å². The Morgan fingerprint density at radius 3 is 2.59 bits per heavy atom. The fraction of sp³-hybridized carbons (Fsp3) is 0.286. The minimum absolute atomic E-state index is 0.149. The first kappa shape index (κ1) is 16.5. The van der Waals surface area contributed by atoms with Gasteiger partial charge in [-0.1, -0.05) is 23.2 Å². The number of carbonyl (C=O) groups excluding carboxylic acids is 4. The Bertz CT molecular complexity index is 659. The van der Waals surface area contributed by atoms with Crippen LogP contribution in [0.2, 0.25) is 10.0 Å². The summed E-state index contributed by atoms with van der Waals surface area (Å²) >= 11 is 11.6. The van der Waals surface area contributed by atoms with Gasteiger partial charge in [0.15, 0.2) is 5.78 Å². The van der Waals surface area contributed by atoms with Crippen LogP contribution in [0.15, 0.2) is 18.2 Å². The third-order valence-electron chi connectivity index (χ3n) is 3.09. The summed E-state index contributed by atoms with van der Waals surface area (Å²) in [6.07, 6.45) is -0.424. The quantitative estimate of drug-likeness (QED) is 0.501. The van der Waals surface area contributed by atoms with Crippen molar-refractivity contribution in [1.82, 2.24) is 0 Å². The first-order chi connectivity index (χ1) is 10.4. The van der Waals surface area contributed by atoms with Crippen LogP contribution in [0.25, 0.3) is 0 Å². The molecule has 1 saturated heterocycles. The summed E-state index contributed by atoms with van der Waals surface area (Å²) in [4.78, 5) is 46.5. The number of cyclic esters (lactones) is 1. The number of Topliss-reactive ketones (excluding diaryl/α,β-unsaturated/α-hetero) is 2. The second-order valence-electron chi connectivity index (χ2n) is 4.65. The van der Waals surface area contributed by atoms with Gasteiger partial charge in [0.2, 0.25) is 5.78 Å². The van der Waals surface area contributed by atoms with E-state index >= 15 is 0 Å². The molecule has 1 aliphatic heterocycles. The van der Waals surface area contributed by atoms with Gasteiger partial charge in [0.1, 0.15) is 5.92 Å². The van der Waals surface area contributed by atoms with Gasteiger partial charge in [-0.25, -0.2) is 0 Å². The number of hydrogen-bond acceptors (Lipinski definition) is 5. The number of halogens is 2. The van der Waals surface area contributed by atoms with Crippen LogP contribution in [0.1, 0.15) is 12.8 Å². The van der Waals surface area contributed by atoms with Crippen molar-refractivity contribution >= 4 is 52.3 Å². The van der Waals surface area contributed by atoms with Gasteiger partial charge in [-0.2, -0.15) is 0 Å². The molecule has 116 valence electrons. The number of nitrogens with one attached hydrogen (secondary N) is 1. The fourth-order valence-corrected chi connectivity index (χ4v) is 2.39. The molecule has 0 spiro atoms. The second kappa shape index (κ2) is 6.89. The van der Waals surface area contributed by atoms with Gasteiger partial charge in [0.25, 0.3) is 5.91 Å². The molecular weight excluding hydrogens is 333 g/mol. The number of ketones is 2. The summed E-state index contributed by atoms with van der Waals surface area (Å²) in [5.41, 5.74) is 0.206. The maximum atomic E-state index is 11.8. The van der Waals surface area contributed by atoms with Crippen molar-refractivity contribution in [3.05, 3.63) is 28.2 Å². The highest BCUT2D eigenvalue weighted by Gasteiger charge is 2.34. The van der Waals surface area contributed by atoms with E-state index in [1.165, 1.54) is 18.2 Å². The number of ether oxygens (including phenoxy) is 1. The molecular formula is C14H11Cl2NO5. The van der Waals surface area contributed by atoms with Crippen LogP contribution in [0.3, 0.4) is 0 Å². The van der Waals surface area contributed by atoms with E-state index < -0.39 is 35.8 Å². The lowest BCUT2D eigenvalue weighted by Gasteiger charge is -2.07. The highest BCUT2D eigenvalue weighted by Crippen LogP contribution is 2.25. The van der Waals surface area contributed by atoms with Gasteiger partial charge in [-0.15, -0.1) is 0 Å². The average molecular weight is 344 g/mol. The van der Waals surface area contributed by atoms with Crippen LogP contribution in [-0.2, 0) is 23.9 Å². The normalized spacial score (nSPS) is 17.0. The average Bonchev–Trinajstić information content (AvgIpc) is 2.88. The monoisotopic (exact) mass is 343 g/mol. The predicted octanol–water partition coefficient (Wildman–Crippen LogP) is 2.02. The van der Waals surface area contributed by atoms with Gasteiger partial charge < -0.3 is 10.1 Å².